The van der Waals surface area contributed by atoms with E-state index in [2.05, 4.69) is 63.8 Å². The van der Waals surface area contributed by atoms with E-state index in [1.165, 1.54) is 11.1 Å². The third-order valence-corrected chi connectivity index (χ3v) is 6.48. The normalized spacial score (nSPS) is 14.5. The largest absolute Gasteiger partial charge is 0.340 e. The Morgan fingerprint density at radius 1 is 0.967 bits per heavy atom. The minimum absolute atomic E-state index is 0. The van der Waals surface area contributed by atoms with Crippen LogP contribution in [0.2, 0.25) is 0 Å². The molecule has 1 aromatic heterocycles. The van der Waals surface area contributed by atoms with Gasteiger partial charge in [-0.15, -0.1) is 23.7 Å². The third-order valence-electron chi connectivity index (χ3n) is 5.53. The number of hydrogen-bond acceptors (Lipinski definition) is 4. The first-order valence-electron chi connectivity index (χ1n) is 10.2. The molecule has 1 amide bonds. The van der Waals surface area contributed by atoms with Gasteiger partial charge >= 0.3 is 0 Å². The predicted molar refractivity (Wildman–Crippen MR) is 125 cm³/mol. The maximum atomic E-state index is 13.1. The zero-order chi connectivity index (χ0) is 20.1. The van der Waals surface area contributed by atoms with Crippen LogP contribution in [0.5, 0.6) is 0 Å². The topological polar surface area (TPSA) is 36.4 Å². The fraction of sp³-hybridized carbons (Fsp3) is 0.333. The summed E-state index contributed by atoms with van der Waals surface area (Å²) in [6.45, 7) is 6.32. The van der Waals surface area contributed by atoms with E-state index >= 15 is 0 Å². The van der Waals surface area contributed by atoms with Gasteiger partial charge in [0.1, 0.15) is 5.01 Å². The van der Waals surface area contributed by atoms with Crippen LogP contribution in [0.25, 0.3) is 0 Å². The number of aromatic nitrogens is 1. The predicted octanol–water partition coefficient (Wildman–Crippen LogP) is 4.74. The molecule has 3 aromatic rings. The second-order valence-electron chi connectivity index (χ2n) is 7.62. The summed E-state index contributed by atoms with van der Waals surface area (Å²) in [7, 11) is 0. The number of rotatable bonds is 6. The van der Waals surface area contributed by atoms with Gasteiger partial charge in [0, 0.05) is 49.6 Å². The van der Waals surface area contributed by atoms with Crippen molar-refractivity contribution >= 4 is 29.7 Å². The van der Waals surface area contributed by atoms with Crippen molar-refractivity contribution in [3.8, 4) is 0 Å². The molecule has 6 heteroatoms. The van der Waals surface area contributed by atoms with Gasteiger partial charge in [0.25, 0.3) is 0 Å². The number of hydrogen-bond donors (Lipinski definition) is 0. The van der Waals surface area contributed by atoms with Crippen molar-refractivity contribution in [2.45, 2.75) is 25.8 Å². The van der Waals surface area contributed by atoms with Crippen molar-refractivity contribution in [2.24, 2.45) is 0 Å². The molecular weight excluding hydrogens is 414 g/mol. The Balaban J connectivity index is 0.00000256. The first-order chi connectivity index (χ1) is 14.2. The lowest BCUT2D eigenvalue weighted by Crippen LogP contribution is -2.48. The zero-order valence-electron chi connectivity index (χ0n) is 17.2. The van der Waals surface area contributed by atoms with Crippen LogP contribution in [-0.4, -0.2) is 46.9 Å². The summed E-state index contributed by atoms with van der Waals surface area (Å²) >= 11 is 1.72. The van der Waals surface area contributed by atoms with Crippen LogP contribution in [0.1, 0.15) is 34.2 Å². The fourth-order valence-corrected chi connectivity index (χ4v) is 4.74. The number of aryl methyl sites for hydroxylation is 1. The molecule has 158 valence electrons. The van der Waals surface area contributed by atoms with Crippen LogP contribution in [0, 0.1) is 6.92 Å². The number of nitrogens with zero attached hydrogens (tertiary/aromatic N) is 3. The van der Waals surface area contributed by atoms with Crippen LogP contribution in [0.4, 0.5) is 0 Å². The minimum atomic E-state index is 0. The molecule has 4 nitrogen and oxygen atoms in total. The Kier molecular flexibility index (Phi) is 8.02. The first-order valence-corrected chi connectivity index (χ1v) is 11.1. The van der Waals surface area contributed by atoms with Crippen molar-refractivity contribution in [2.75, 3.05) is 26.2 Å². The molecule has 4 rings (SSSR count). The monoisotopic (exact) mass is 441 g/mol. The summed E-state index contributed by atoms with van der Waals surface area (Å²) < 4.78 is 0. The summed E-state index contributed by atoms with van der Waals surface area (Å²) in [5.41, 5.74) is 3.49. The van der Waals surface area contributed by atoms with E-state index in [-0.39, 0.29) is 24.2 Å². The van der Waals surface area contributed by atoms with Gasteiger partial charge in [-0.3, -0.25) is 9.69 Å². The smallest absolute Gasteiger partial charge is 0.223 e. The van der Waals surface area contributed by atoms with Crippen molar-refractivity contribution in [1.29, 1.82) is 0 Å². The van der Waals surface area contributed by atoms with Crippen molar-refractivity contribution in [1.82, 2.24) is 14.8 Å². The Bertz CT molecular complexity index is 884. The van der Waals surface area contributed by atoms with E-state index in [1.807, 2.05) is 24.0 Å². The molecule has 0 atom stereocenters. The minimum Gasteiger partial charge on any atom is -0.340 e. The first kappa shape index (κ1) is 22.5. The van der Waals surface area contributed by atoms with Gasteiger partial charge in [0.2, 0.25) is 5.91 Å². The molecule has 0 saturated carbocycles. The van der Waals surface area contributed by atoms with Gasteiger partial charge in [0.05, 0.1) is 6.54 Å². The molecule has 0 aliphatic carbocycles. The van der Waals surface area contributed by atoms with Gasteiger partial charge < -0.3 is 4.90 Å². The summed E-state index contributed by atoms with van der Waals surface area (Å²) in [5, 5.41) is 3.26. The Morgan fingerprint density at radius 3 is 2.03 bits per heavy atom. The highest BCUT2D eigenvalue weighted by atomic mass is 35.5. The molecule has 0 unspecified atom stereocenters. The number of benzene rings is 2. The Morgan fingerprint density at radius 2 is 1.53 bits per heavy atom. The average Bonchev–Trinajstić information content (AvgIpc) is 3.18. The van der Waals surface area contributed by atoms with Gasteiger partial charge in [0.15, 0.2) is 0 Å². The van der Waals surface area contributed by atoms with Crippen LogP contribution in [0.15, 0.2) is 66.0 Å². The maximum absolute atomic E-state index is 13.1. The highest BCUT2D eigenvalue weighted by molar-refractivity contribution is 7.09. The van der Waals surface area contributed by atoms with Crippen LogP contribution in [0.3, 0.4) is 0 Å². The fourth-order valence-electron chi connectivity index (χ4n) is 3.92. The van der Waals surface area contributed by atoms with Gasteiger partial charge in [-0.1, -0.05) is 60.7 Å². The van der Waals surface area contributed by atoms with E-state index in [1.54, 1.807) is 11.3 Å². The number of thiazole rings is 1. The molecule has 1 aliphatic rings. The third kappa shape index (κ3) is 5.69. The quantitative estimate of drug-likeness (QED) is 0.554. The Hall–Kier alpha value is -2.21. The zero-order valence-corrected chi connectivity index (χ0v) is 18.9. The summed E-state index contributed by atoms with van der Waals surface area (Å²) in [5.74, 6) is 0.341. The molecular formula is C24H28ClN3OS. The highest BCUT2D eigenvalue weighted by Crippen LogP contribution is 2.28. The number of piperazine rings is 1. The van der Waals surface area contributed by atoms with Crippen LogP contribution in [-0.2, 0) is 11.3 Å². The highest BCUT2D eigenvalue weighted by Gasteiger charge is 2.25. The lowest BCUT2D eigenvalue weighted by Gasteiger charge is -2.35. The van der Waals surface area contributed by atoms with Crippen molar-refractivity contribution in [3.05, 3.63) is 87.9 Å². The molecule has 0 radical (unpaired) electrons. The average molecular weight is 442 g/mol. The summed E-state index contributed by atoms with van der Waals surface area (Å²) in [6.07, 6.45) is 0.514. The lowest BCUT2D eigenvalue weighted by molar-refractivity contribution is -0.133. The van der Waals surface area contributed by atoms with E-state index in [0.29, 0.717) is 6.42 Å². The van der Waals surface area contributed by atoms with Crippen molar-refractivity contribution in [3.63, 3.8) is 0 Å². The molecule has 2 heterocycles. The second kappa shape index (κ2) is 10.7. The van der Waals surface area contributed by atoms with E-state index < -0.39 is 0 Å². The molecule has 1 fully saturated rings. The molecule has 1 saturated heterocycles. The number of carbonyl (C=O) groups excluding carboxylic acids is 1. The van der Waals surface area contributed by atoms with Crippen LogP contribution < -0.4 is 0 Å². The standard InChI is InChI=1S/C24H27N3OS.ClH/c1-19-18-29-23(25-19)17-26-12-14-27(15-13-26)24(28)16-22(20-8-4-2-5-9-20)21-10-6-3-7-11-21;/h2-11,18,22H,12-17H2,1H3;1H. The summed E-state index contributed by atoms with van der Waals surface area (Å²) in [4.78, 5) is 22.1. The molecule has 1 aliphatic heterocycles. The Labute approximate surface area is 189 Å². The van der Waals surface area contributed by atoms with Gasteiger partial charge in [-0.25, -0.2) is 4.98 Å². The van der Waals surface area contributed by atoms with Gasteiger partial charge in [-0.05, 0) is 18.1 Å². The molecule has 30 heavy (non-hydrogen) atoms. The van der Waals surface area contributed by atoms with E-state index in [0.717, 1.165) is 43.4 Å². The summed E-state index contributed by atoms with van der Waals surface area (Å²) in [6, 6.07) is 20.7. The maximum Gasteiger partial charge on any atom is 0.223 e. The molecule has 0 bridgehead atoms. The lowest BCUT2D eigenvalue weighted by atomic mass is 9.88. The molecule has 2 aromatic carbocycles. The number of carbonyl (C=O) groups is 1. The number of halogens is 1. The second-order valence-corrected chi connectivity index (χ2v) is 8.56. The number of amides is 1. The van der Waals surface area contributed by atoms with E-state index in [4.69, 9.17) is 0 Å². The molecule has 0 N–H and O–H groups in total. The van der Waals surface area contributed by atoms with Crippen molar-refractivity contribution < 1.29 is 4.79 Å². The van der Waals surface area contributed by atoms with E-state index in [9.17, 15) is 4.79 Å². The van der Waals surface area contributed by atoms with Crippen LogP contribution >= 0.6 is 23.7 Å². The molecule has 0 spiro atoms. The SMILES string of the molecule is Cc1csc(CN2CCN(C(=O)CC(c3ccccc3)c3ccccc3)CC2)n1.Cl. The van der Waals surface area contributed by atoms with Gasteiger partial charge in [-0.2, -0.15) is 0 Å².